The number of anilines is 1. The molecule has 1 saturated heterocycles. The van der Waals surface area contributed by atoms with Crippen molar-refractivity contribution in [3.63, 3.8) is 0 Å². The highest BCUT2D eigenvalue weighted by molar-refractivity contribution is 5.96. The SMILES string of the molecule is Cc1cc(NC(=O)C2CCCN2C(=O)CCc2cccc(F)c2)no1. The number of carbonyl (C=O) groups is 2. The van der Waals surface area contributed by atoms with E-state index in [9.17, 15) is 14.0 Å². The number of amides is 2. The van der Waals surface area contributed by atoms with Gasteiger partial charge in [0, 0.05) is 19.0 Å². The van der Waals surface area contributed by atoms with Gasteiger partial charge in [0.2, 0.25) is 11.8 Å². The van der Waals surface area contributed by atoms with Crippen LogP contribution in [0.2, 0.25) is 0 Å². The summed E-state index contributed by atoms with van der Waals surface area (Å²) in [6, 6.07) is 7.34. The van der Waals surface area contributed by atoms with Gasteiger partial charge in [-0.1, -0.05) is 17.3 Å². The summed E-state index contributed by atoms with van der Waals surface area (Å²) >= 11 is 0. The van der Waals surface area contributed by atoms with Crippen LogP contribution in [0.3, 0.4) is 0 Å². The van der Waals surface area contributed by atoms with Gasteiger partial charge in [-0.15, -0.1) is 0 Å². The molecular formula is C18H20FN3O3. The smallest absolute Gasteiger partial charge is 0.248 e. The molecule has 132 valence electrons. The molecule has 1 N–H and O–H groups in total. The summed E-state index contributed by atoms with van der Waals surface area (Å²) in [4.78, 5) is 26.5. The fourth-order valence-electron chi connectivity index (χ4n) is 3.06. The molecule has 1 aromatic heterocycles. The maximum absolute atomic E-state index is 13.2. The molecule has 2 heterocycles. The minimum absolute atomic E-state index is 0.0988. The van der Waals surface area contributed by atoms with Crippen LogP contribution in [-0.2, 0) is 16.0 Å². The highest BCUT2D eigenvalue weighted by Gasteiger charge is 2.34. The molecule has 0 spiro atoms. The summed E-state index contributed by atoms with van der Waals surface area (Å²) in [5, 5.41) is 6.42. The number of hydrogen-bond acceptors (Lipinski definition) is 4. The Bertz CT molecular complexity index is 774. The van der Waals surface area contributed by atoms with Gasteiger partial charge >= 0.3 is 0 Å². The van der Waals surface area contributed by atoms with Crippen molar-refractivity contribution in [2.75, 3.05) is 11.9 Å². The number of benzene rings is 1. The molecule has 6 nitrogen and oxygen atoms in total. The first-order chi connectivity index (χ1) is 12.0. The summed E-state index contributed by atoms with van der Waals surface area (Å²) in [5.41, 5.74) is 0.770. The van der Waals surface area contributed by atoms with Gasteiger partial charge in [0.25, 0.3) is 0 Å². The van der Waals surface area contributed by atoms with Crippen molar-refractivity contribution in [3.8, 4) is 0 Å². The third-order valence-corrected chi connectivity index (χ3v) is 4.27. The molecule has 0 radical (unpaired) electrons. The monoisotopic (exact) mass is 345 g/mol. The van der Waals surface area contributed by atoms with Crippen molar-refractivity contribution in [3.05, 3.63) is 47.5 Å². The van der Waals surface area contributed by atoms with Gasteiger partial charge in [-0.05, 0) is 43.9 Å². The second-order valence-corrected chi connectivity index (χ2v) is 6.19. The maximum Gasteiger partial charge on any atom is 0.248 e. The Morgan fingerprint density at radius 2 is 2.24 bits per heavy atom. The molecule has 25 heavy (non-hydrogen) atoms. The van der Waals surface area contributed by atoms with E-state index in [0.29, 0.717) is 31.0 Å². The van der Waals surface area contributed by atoms with Crippen LogP contribution in [0.25, 0.3) is 0 Å². The van der Waals surface area contributed by atoms with Crippen molar-refractivity contribution in [1.82, 2.24) is 10.1 Å². The average molecular weight is 345 g/mol. The first-order valence-corrected chi connectivity index (χ1v) is 8.31. The van der Waals surface area contributed by atoms with E-state index >= 15 is 0 Å². The predicted molar refractivity (Wildman–Crippen MR) is 89.3 cm³/mol. The number of aryl methyl sites for hydroxylation is 2. The Labute approximate surface area is 145 Å². The molecule has 1 atom stereocenters. The Morgan fingerprint density at radius 1 is 1.40 bits per heavy atom. The van der Waals surface area contributed by atoms with Gasteiger partial charge < -0.3 is 14.7 Å². The lowest BCUT2D eigenvalue weighted by Gasteiger charge is -2.23. The zero-order chi connectivity index (χ0) is 17.8. The number of nitrogens with one attached hydrogen (secondary N) is 1. The topological polar surface area (TPSA) is 75.4 Å². The van der Waals surface area contributed by atoms with E-state index in [0.717, 1.165) is 12.0 Å². The lowest BCUT2D eigenvalue weighted by molar-refractivity contribution is -0.136. The highest BCUT2D eigenvalue weighted by Crippen LogP contribution is 2.21. The third kappa shape index (κ3) is 4.23. The summed E-state index contributed by atoms with van der Waals surface area (Å²) in [6.45, 7) is 2.29. The molecule has 1 unspecified atom stereocenters. The first-order valence-electron chi connectivity index (χ1n) is 8.31. The van der Waals surface area contributed by atoms with E-state index < -0.39 is 6.04 Å². The van der Waals surface area contributed by atoms with Crippen LogP contribution >= 0.6 is 0 Å². The predicted octanol–water partition coefficient (Wildman–Crippen LogP) is 2.68. The summed E-state index contributed by atoms with van der Waals surface area (Å²) < 4.78 is 18.1. The normalized spacial score (nSPS) is 16.9. The molecule has 0 aliphatic carbocycles. The van der Waals surface area contributed by atoms with Crippen LogP contribution in [0.1, 0.15) is 30.6 Å². The molecule has 0 saturated carbocycles. The molecule has 7 heteroatoms. The van der Waals surface area contributed by atoms with E-state index in [1.54, 1.807) is 30.0 Å². The van der Waals surface area contributed by atoms with Crippen molar-refractivity contribution >= 4 is 17.6 Å². The van der Waals surface area contributed by atoms with Crippen LogP contribution in [-0.4, -0.2) is 34.5 Å². The zero-order valence-corrected chi connectivity index (χ0v) is 14.0. The van der Waals surface area contributed by atoms with E-state index in [2.05, 4.69) is 10.5 Å². The Hall–Kier alpha value is -2.70. The molecule has 0 bridgehead atoms. The quantitative estimate of drug-likeness (QED) is 0.904. The fraction of sp³-hybridized carbons (Fsp3) is 0.389. The van der Waals surface area contributed by atoms with Crippen LogP contribution in [0, 0.1) is 12.7 Å². The van der Waals surface area contributed by atoms with Crippen molar-refractivity contribution in [2.24, 2.45) is 0 Å². The molecule has 1 aliphatic heterocycles. The van der Waals surface area contributed by atoms with Crippen LogP contribution in [0.4, 0.5) is 10.2 Å². The molecule has 1 aromatic carbocycles. The van der Waals surface area contributed by atoms with E-state index in [1.807, 2.05) is 0 Å². The van der Waals surface area contributed by atoms with E-state index in [1.165, 1.54) is 12.1 Å². The summed E-state index contributed by atoms with van der Waals surface area (Å²) in [7, 11) is 0. The van der Waals surface area contributed by atoms with Crippen LogP contribution < -0.4 is 5.32 Å². The van der Waals surface area contributed by atoms with Crippen LogP contribution in [0.5, 0.6) is 0 Å². The Morgan fingerprint density at radius 3 is 2.96 bits per heavy atom. The number of aromatic nitrogens is 1. The van der Waals surface area contributed by atoms with Crippen molar-refractivity contribution in [1.29, 1.82) is 0 Å². The lowest BCUT2D eigenvalue weighted by atomic mass is 10.1. The molecule has 1 aliphatic rings. The van der Waals surface area contributed by atoms with Crippen LogP contribution in [0.15, 0.2) is 34.9 Å². The second-order valence-electron chi connectivity index (χ2n) is 6.19. The van der Waals surface area contributed by atoms with Gasteiger partial charge in [0.15, 0.2) is 5.82 Å². The number of likely N-dealkylation sites (tertiary alicyclic amines) is 1. The minimum Gasteiger partial charge on any atom is -0.360 e. The van der Waals surface area contributed by atoms with Gasteiger partial charge in [0.05, 0.1) is 0 Å². The number of hydrogen-bond donors (Lipinski definition) is 1. The molecule has 1 fully saturated rings. The van der Waals surface area contributed by atoms with Crippen molar-refractivity contribution in [2.45, 2.75) is 38.6 Å². The highest BCUT2D eigenvalue weighted by atomic mass is 19.1. The number of rotatable bonds is 5. The minimum atomic E-state index is -0.503. The second kappa shape index (κ2) is 7.46. The Kier molecular flexibility index (Phi) is 5.11. The Balaban J connectivity index is 1.58. The van der Waals surface area contributed by atoms with Gasteiger partial charge in [-0.2, -0.15) is 0 Å². The first kappa shape index (κ1) is 17.1. The van der Waals surface area contributed by atoms with Gasteiger partial charge in [-0.3, -0.25) is 9.59 Å². The van der Waals surface area contributed by atoms with E-state index in [-0.39, 0.29) is 24.1 Å². The van der Waals surface area contributed by atoms with E-state index in [4.69, 9.17) is 4.52 Å². The maximum atomic E-state index is 13.2. The molecule has 2 amide bonds. The van der Waals surface area contributed by atoms with Gasteiger partial charge in [-0.25, -0.2) is 4.39 Å². The largest absolute Gasteiger partial charge is 0.360 e. The molecule has 2 aromatic rings. The number of carbonyl (C=O) groups excluding carboxylic acids is 2. The molecular weight excluding hydrogens is 325 g/mol. The van der Waals surface area contributed by atoms with Gasteiger partial charge in [0.1, 0.15) is 17.6 Å². The molecule has 3 rings (SSSR count). The lowest BCUT2D eigenvalue weighted by Crippen LogP contribution is -2.43. The number of halogens is 1. The summed E-state index contributed by atoms with van der Waals surface area (Å²) in [6.07, 6.45) is 2.09. The number of nitrogens with zero attached hydrogens (tertiary/aromatic N) is 2. The fourth-order valence-corrected chi connectivity index (χ4v) is 3.06. The summed E-state index contributed by atoms with van der Waals surface area (Å²) in [5.74, 6) is 0.278. The standard InChI is InChI=1S/C18H20FN3O3/c1-12-10-16(21-25-12)20-18(24)15-6-3-9-22(15)17(23)8-7-13-4-2-5-14(19)11-13/h2,4-5,10-11,15H,3,6-9H2,1H3,(H,20,21,24). The zero-order valence-electron chi connectivity index (χ0n) is 14.0. The third-order valence-electron chi connectivity index (χ3n) is 4.27. The average Bonchev–Trinajstić information content (AvgIpc) is 3.22. The van der Waals surface area contributed by atoms with Crippen molar-refractivity contribution < 1.29 is 18.5 Å².